The van der Waals surface area contributed by atoms with Crippen molar-refractivity contribution in [1.29, 1.82) is 0 Å². The maximum Gasteiger partial charge on any atom is 0.338 e. The van der Waals surface area contributed by atoms with Gasteiger partial charge in [0.2, 0.25) is 0 Å². The first kappa shape index (κ1) is 18.7. The Morgan fingerprint density at radius 3 is 1.91 bits per heavy atom. The van der Waals surface area contributed by atoms with Gasteiger partial charge < -0.3 is 4.74 Å². The van der Waals surface area contributed by atoms with Crippen molar-refractivity contribution < 1.29 is 9.53 Å². The van der Waals surface area contributed by atoms with Gasteiger partial charge >= 0.3 is 5.97 Å². The van der Waals surface area contributed by atoms with Crippen molar-refractivity contribution in [3.05, 3.63) is 35.4 Å². The van der Waals surface area contributed by atoms with Crippen LogP contribution in [0.3, 0.4) is 0 Å². The molecule has 0 saturated heterocycles. The minimum Gasteiger partial charge on any atom is -0.462 e. The highest BCUT2D eigenvalue weighted by Crippen LogP contribution is 2.10. The van der Waals surface area contributed by atoms with E-state index in [0.29, 0.717) is 12.2 Å². The SMILES string of the molecule is CCCCCCCCCCCOC(=O)c1ccc(CC)cc1. The quantitative estimate of drug-likeness (QED) is 0.353. The van der Waals surface area contributed by atoms with Gasteiger partial charge in [-0.1, -0.05) is 77.3 Å². The lowest BCUT2D eigenvalue weighted by molar-refractivity contribution is 0.0497. The first-order valence-electron chi connectivity index (χ1n) is 9.04. The van der Waals surface area contributed by atoms with Crippen LogP contribution in [0.5, 0.6) is 0 Å². The molecular formula is C20H32O2. The van der Waals surface area contributed by atoms with E-state index < -0.39 is 0 Å². The van der Waals surface area contributed by atoms with Crippen LogP contribution in [0, 0.1) is 0 Å². The van der Waals surface area contributed by atoms with E-state index in [1.165, 1.54) is 50.5 Å². The van der Waals surface area contributed by atoms with Crippen LogP contribution in [0.25, 0.3) is 0 Å². The van der Waals surface area contributed by atoms with Gasteiger partial charge in [0.15, 0.2) is 0 Å². The number of aryl methyl sites for hydroxylation is 1. The molecule has 22 heavy (non-hydrogen) atoms. The van der Waals surface area contributed by atoms with E-state index >= 15 is 0 Å². The van der Waals surface area contributed by atoms with Crippen molar-refractivity contribution in [2.75, 3.05) is 6.61 Å². The van der Waals surface area contributed by atoms with Crippen LogP contribution < -0.4 is 0 Å². The van der Waals surface area contributed by atoms with Gasteiger partial charge in [-0.05, 0) is 30.5 Å². The molecule has 0 bridgehead atoms. The zero-order valence-electron chi connectivity index (χ0n) is 14.4. The molecule has 0 aliphatic rings. The Kier molecular flexibility index (Phi) is 10.4. The summed E-state index contributed by atoms with van der Waals surface area (Å²) in [6.45, 7) is 4.90. The van der Waals surface area contributed by atoms with Crippen LogP contribution in [0.2, 0.25) is 0 Å². The maximum atomic E-state index is 11.9. The van der Waals surface area contributed by atoms with Crippen LogP contribution in [-0.4, -0.2) is 12.6 Å². The van der Waals surface area contributed by atoms with Crippen molar-refractivity contribution in [3.8, 4) is 0 Å². The van der Waals surface area contributed by atoms with E-state index in [4.69, 9.17) is 4.74 Å². The number of carbonyl (C=O) groups is 1. The lowest BCUT2D eigenvalue weighted by atomic mass is 10.1. The molecule has 0 saturated carbocycles. The molecule has 1 aromatic rings. The Morgan fingerprint density at radius 1 is 0.818 bits per heavy atom. The number of unbranched alkanes of at least 4 members (excludes halogenated alkanes) is 8. The highest BCUT2D eigenvalue weighted by Gasteiger charge is 2.06. The van der Waals surface area contributed by atoms with E-state index in [9.17, 15) is 4.79 Å². The van der Waals surface area contributed by atoms with Gasteiger partial charge in [-0.25, -0.2) is 4.79 Å². The molecule has 2 nitrogen and oxygen atoms in total. The van der Waals surface area contributed by atoms with Gasteiger partial charge in [0.25, 0.3) is 0 Å². The molecule has 0 unspecified atom stereocenters. The van der Waals surface area contributed by atoms with Crippen LogP contribution in [-0.2, 0) is 11.2 Å². The summed E-state index contributed by atoms with van der Waals surface area (Å²) in [5.41, 5.74) is 1.91. The van der Waals surface area contributed by atoms with E-state index in [-0.39, 0.29) is 5.97 Å². The Hall–Kier alpha value is -1.31. The van der Waals surface area contributed by atoms with Gasteiger partial charge in [0, 0.05) is 0 Å². The molecule has 0 heterocycles. The summed E-state index contributed by atoms with van der Waals surface area (Å²) >= 11 is 0. The van der Waals surface area contributed by atoms with Crippen molar-refractivity contribution in [2.24, 2.45) is 0 Å². The molecule has 1 rings (SSSR count). The number of hydrogen-bond donors (Lipinski definition) is 0. The number of hydrogen-bond acceptors (Lipinski definition) is 2. The van der Waals surface area contributed by atoms with Crippen LogP contribution >= 0.6 is 0 Å². The Morgan fingerprint density at radius 2 is 1.36 bits per heavy atom. The molecule has 0 radical (unpaired) electrons. The van der Waals surface area contributed by atoms with Crippen LogP contribution in [0.1, 0.15) is 87.6 Å². The topological polar surface area (TPSA) is 26.3 Å². The fraction of sp³-hybridized carbons (Fsp3) is 0.650. The number of ether oxygens (including phenoxy) is 1. The van der Waals surface area contributed by atoms with E-state index in [0.717, 1.165) is 19.3 Å². The van der Waals surface area contributed by atoms with Crippen molar-refractivity contribution in [1.82, 2.24) is 0 Å². The second kappa shape index (κ2) is 12.3. The number of rotatable bonds is 12. The minimum atomic E-state index is -0.192. The average Bonchev–Trinajstić information content (AvgIpc) is 2.56. The summed E-state index contributed by atoms with van der Waals surface area (Å²) in [7, 11) is 0. The zero-order valence-corrected chi connectivity index (χ0v) is 14.4. The van der Waals surface area contributed by atoms with Gasteiger partial charge in [-0.2, -0.15) is 0 Å². The molecule has 0 aliphatic heterocycles. The lowest BCUT2D eigenvalue weighted by Crippen LogP contribution is -2.06. The summed E-state index contributed by atoms with van der Waals surface area (Å²) in [6, 6.07) is 7.71. The van der Waals surface area contributed by atoms with Gasteiger partial charge in [-0.3, -0.25) is 0 Å². The highest BCUT2D eigenvalue weighted by molar-refractivity contribution is 5.89. The average molecular weight is 304 g/mol. The molecule has 1 aromatic carbocycles. The monoisotopic (exact) mass is 304 g/mol. The minimum absolute atomic E-state index is 0.192. The van der Waals surface area contributed by atoms with Crippen LogP contribution in [0.4, 0.5) is 0 Å². The standard InChI is InChI=1S/C20H32O2/c1-3-5-6-7-8-9-10-11-12-17-22-20(21)19-15-13-18(4-2)14-16-19/h13-16H,3-12,17H2,1-2H3. The summed E-state index contributed by atoms with van der Waals surface area (Å²) < 4.78 is 5.32. The van der Waals surface area contributed by atoms with Gasteiger partial charge in [0.1, 0.15) is 0 Å². The lowest BCUT2D eigenvalue weighted by Gasteiger charge is -2.06. The third-order valence-electron chi connectivity index (χ3n) is 4.08. The maximum absolute atomic E-state index is 11.9. The number of benzene rings is 1. The molecule has 0 amide bonds. The predicted octanol–water partition coefficient (Wildman–Crippen LogP) is 5.94. The number of esters is 1. The van der Waals surface area contributed by atoms with Crippen molar-refractivity contribution in [3.63, 3.8) is 0 Å². The molecule has 0 aromatic heterocycles. The summed E-state index contributed by atoms with van der Waals surface area (Å²) in [5, 5.41) is 0. The van der Waals surface area contributed by atoms with Crippen molar-refractivity contribution >= 4 is 5.97 Å². The molecule has 2 heteroatoms. The number of carbonyl (C=O) groups excluding carboxylic acids is 1. The molecular weight excluding hydrogens is 272 g/mol. The molecule has 124 valence electrons. The highest BCUT2D eigenvalue weighted by atomic mass is 16.5. The molecule has 0 fully saturated rings. The first-order chi connectivity index (χ1) is 10.8. The Bertz CT molecular complexity index is 395. The van der Waals surface area contributed by atoms with E-state index in [1.54, 1.807) is 0 Å². The normalized spacial score (nSPS) is 10.6. The fourth-order valence-corrected chi connectivity index (χ4v) is 2.54. The molecule has 0 N–H and O–H groups in total. The zero-order chi connectivity index (χ0) is 16.0. The summed E-state index contributed by atoms with van der Waals surface area (Å²) in [4.78, 5) is 11.9. The van der Waals surface area contributed by atoms with Crippen molar-refractivity contribution in [2.45, 2.75) is 78.1 Å². The van der Waals surface area contributed by atoms with E-state index in [2.05, 4.69) is 13.8 Å². The fourth-order valence-electron chi connectivity index (χ4n) is 2.54. The van der Waals surface area contributed by atoms with Gasteiger partial charge in [0.05, 0.1) is 12.2 Å². The predicted molar refractivity (Wildman–Crippen MR) is 93.3 cm³/mol. The Balaban J connectivity index is 2.00. The summed E-state index contributed by atoms with van der Waals surface area (Å²) in [5.74, 6) is -0.192. The third-order valence-corrected chi connectivity index (χ3v) is 4.08. The van der Waals surface area contributed by atoms with E-state index in [1.807, 2.05) is 24.3 Å². The first-order valence-corrected chi connectivity index (χ1v) is 9.04. The smallest absolute Gasteiger partial charge is 0.338 e. The summed E-state index contributed by atoms with van der Waals surface area (Å²) in [6.07, 6.45) is 12.5. The third kappa shape index (κ3) is 8.21. The second-order valence-corrected chi connectivity index (χ2v) is 6.01. The molecule has 0 spiro atoms. The van der Waals surface area contributed by atoms with Gasteiger partial charge in [-0.15, -0.1) is 0 Å². The largest absolute Gasteiger partial charge is 0.462 e. The molecule has 0 aliphatic carbocycles. The molecule has 0 atom stereocenters. The second-order valence-electron chi connectivity index (χ2n) is 6.01. The Labute approximate surface area is 136 Å². The van der Waals surface area contributed by atoms with Crippen LogP contribution in [0.15, 0.2) is 24.3 Å².